The second-order valence-electron chi connectivity index (χ2n) is 8.70. The fraction of sp³-hybridized carbons (Fsp3) is 0.375. The van der Waals surface area contributed by atoms with Crippen LogP contribution in [0.4, 0.5) is 5.69 Å². The number of rotatable bonds is 7. The maximum absolute atomic E-state index is 13.6. The topological polar surface area (TPSA) is 110 Å². The molecule has 2 aromatic carbocycles. The third-order valence-corrected chi connectivity index (χ3v) is 7.51. The molecule has 2 aromatic rings. The van der Waals surface area contributed by atoms with Gasteiger partial charge in [-0.3, -0.25) is 9.59 Å². The molecular weight excluding hydrogens is 460 g/mol. The van der Waals surface area contributed by atoms with Crippen LogP contribution in [-0.2, 0) is 24.3 Å². The van der Waals surface area contributed by atoms with E-state index in [-0.39, 0.29) is 29.2 Å². The molecule has 0 aliphatic carbocycles. The number of carbonyl (C=O) groups excluding carboxylic acids is 3. The first kappa shape index (κ1) is 25.4. The molecule has 10 heteroatoms. The summed E-state index contributed by atoms with van der Waals surface area (Å²) in [5, 5.41) is 0. The van der Waals surface area contributed by atoms with Crippen molar-refractivity contribution in [2.45, 2.75) is 50.6 Å². The summed E-state index contributed by atoms with van der Waals surface area (Å²) in [6, 6.07) is 10.5. The zero-order valence-corrected chi connectivity index (χ0v) is 20.6. The lowest BCUT2D eigenvalue weighted by molar-refractivity contribution is -0.122. The molecule has 1 unspecified atom stereocenters. The molecule has 0 N–H and O–H groups in total. The van der Waals surface area contributed by atoms with Crippen LogP contribution in [0.5, 0.6) is 5.75 Å². The maximum atomic E-state index is 13.6. The van der Waals surface area contributed by atoms with Crippen LogP contribution in [0.3, 0.4) is 0 Å². The molecule has 1 saturated heterocycles. The molecular formula is C24H28N2O7S. The molecule has 1 aliphatic rings. The van der Waals surface area contributed by atoms with E-state index in [0.717, 1.165) is 9.21 Å². The smallest absolute Gasteiger partial charge is 0.338 e. The monoisotopic (exact) mass is 488 g/mol. The average Bonchev–Trinajstić information content (AvgIpc) is 3.06. The van der Waals surface area contributed by atoms with Crippen molar-refractivity contribution in [2.75, 3.05) is 18.6 Å². The van der Waals surface area contributed by atoms with Crippen LogP contribution in [0.2, 0.25) is 0 Å². The third-order valence-electron chi connectivity index (χ3n) is 5.32. The van der Waals surface area contributed by atoms with Crippen LogP contribution in [0.25, 0.3) is 0 Å². The number of hydrogen-bond acceptors (Lipinski definition) is 7. The minimum atomic E-state index is -4.14. The molecule has 1 heterocycles. The molecule has 9 nitrogen and oxygen atoms in total. The Morgan fingerprint density at radius 1 is 1.06 bits per heavy atom. The maximum Gasteiger partial charge on any atom is 0.338 e. The fourth-order valence-corrected chi connectivity index (χ4v) is 5.82. The standard InChI is InChI=1S/C24H28N2O7S/c1-6-33-23(29)16-7-9-17(10-8-16)25-21(27)15-20(22(25)28)26(24(2,3)4)34(30,31)19-13-11-18(32-5)12-14-19/h7-14,20H,6,15H2,1-5H3. The normalized spacial score (nSPS) is 16.8. The number of methoxy groups -OCH3 is 1. The van der Waals surface area contributed by atoms with Gasteiger partial charge in [0.1, 0.15) is 11.8 Å². The lowest BCUT2D eigenvalue weighted by Gasteiger charge is -2.37. The highest BCUT2D eigenvalue weighted by atomic mass is 32.2. The highest BCUT2D eigenvalue weighted by Crippen LogP contribution is 2.34. The highest BCUT2D eigenvalue weighted by molar-refractivity contribution is 7.89. The number of ether oxygens (including phenoxy) is 2. The van der Waals surface area contributed by atoms with E-state index in [9.17, 15) is 22.8 Å². The van der Waals surface area contributed by atoms with E-state index in [4.69, 9.17) is 9.47 Å². The van der Waals surface area contributed by atoms with Gasteiger partial charge in [0.25, 0.3) is 5.91 Å². The summed E-state index contributed by atoms with van der Waals surface area (Å²) in [5.74, 6) is -1.21. The van der Waals surface area contributed by atoms with Crippen molar-refractivity contribution in [2.24, 2.45) is 0 Å². The summed E-state index contributed by atoms with van der Waals surface area (Å²) in [6.07, 6.45) is -0.300. The molecule has 0 radical (unpaired) electrons. The van der Waals surface area contributed by atoms with E-state index in [1.807, 2.05) is 0 Å². The molecule has 0 aromatic heterocycles. The molecule has 1 aliphatic heterocycles. The quantitative estimate of drug-likeness (QED) is 0.435. The summed E-state index contributed by atoms with van der Waals surface area (Å²) in [7, 11) is -2.66. The predicted molar refractivity (Wildman–Crippen MR) is 125 cm³/mol. The molecule has 0 bridgehead atoms. The molecule has 0 saturated carbocycles. The number of nitrogens with zero attached hydrogens (tertiary/aromatic N) is 2. The zero-order chi connectivity index (χ0) is 25.3. The minimum Gasteiger partial charge on any atom is -0.497 e. The number of sulfonamides is 1. The van der Waals surface area contributed by atoms with Gasteiger partial charge in [0.15, 0.2) is 0 Å². The molecule has 34 heavy (non-hydrogen) atoms. The van der Waals surface area contributed by atoms with Crippen molar-refractivity contribution in [3.05, 3.63) is 54.1 Å². The van der Waals surface area contributed by atoms with Crippen molar-refractivity contribution in [1.82, 2.24) is 4.31 Å². The van der Waals surface area contributed by atoms with Gasteiger partial charge in [-0.05, 0) is 76.2 Å². The molecule has 182 valence electrons. The summed E-state index contributed by atoms with van der Waals surface area (Å²) in [5.41, 5.74) is -0.468. The van der Waals surface area contributed by atoms with Crippen LogP contribution in [0, 0.1) is 0 Å². The van der Waals surface area contributed by atoms with E-state index in [1.54, 1.807) is 27.7 Å². The lowest BCUT2D eigenvalue weighted by Crippen LogP contribution is -2.54. The van der Waals surface area contributed by atoms with Crippen molar-refractivity contribution in [1.29, 1.82) is 0 Å². The van der Waals surface area contributed by atoms with E-state index < -0.39 is 39.4 Å². The number of esters is 1. The van der Waals surface area contributed by atoms with Gasteiger partial charge in [0, 0.05) is 5.54 Å². The van der Waals surface area contributed by atoms with Gasteiger partial charge in [-0.15, -0.1) is 0 Å². The highest BCUT2D eigenvalue weighted by Gasteiger charge is 2.50. The Bertz CT molecular complexity index is 1180. The number of benzene rings is 2. The Hall–Kier alpha value is -3.24. The lowest BCUT2D eigenvalue weighted by atomic mass is 10.1. The second kappa shape index (κ2) is 9.55. The Morgan fingerprint density at radius 3 is 2.15 bits per heavy atom. The fourth-order valence-electron chi connectivity index (χ4n) is 3.89. The Balaban J connectivity index is 1.96. The summed E-state index contributed by atoms with van der Waals surface area (Å²) < 4.78 is 38.3. The van der Waals surface area contributed by atoms with Crippen LogP contribution in [-0.4, -0.2) is 55.8 Å². The summed E-state index contributed by atoms with van der Waals surface area (Å²) in [6.45, 7) is 6.92. The third kappa shape index (κ3) is 4.83. The van der Waals surface area contributed by atoms with E-state index in [2.05, 4.69) is 0 Å². The molecule has 1 atom stereocenters. The van der Waals surface area contributed by atoms with Gasteiger partial charge < -0.3 is 9.47 Å². The Labute approximate surface area is 199 Å². The number of imide groups is 1. The molecule has 2 amide bonds. The largest absolute Gasteiger partial charge is 0.497 e. The van der Waals surface area contributed by atoms with Crippen LogP contribution >= 0.6 is 0 Å². The van der Waals surface area contributed by atoms with Crippen LogP contribution < -0.4 is 9.64 Å². The SMILES string of the molecule is CCOC(=O)c1ccc(N2C(=O)CC(N(C(C)(C)C)S(=O)(=O)c3ccc(OC)cc3)C2=O)cc1. The number of amides is 2. The second-order valence-corrected chi connectivity index (χ2v) is 10.5. The van der Waals surface area contributed by atoms with Gasteiger partial charge in [0.2, 0.25) is 15.9 Å². The van der Waals surface area contributed by atoms with Crippen molar-refractivity contribution in [3.63, 3.8) is 0 Å². The van der Waals surface area contributed by atoms with Gasteiger partial charge >= 0.3 is 5.97 Å². The van der Waals surface area contributed by atoms with E-state index in [0.29, 0.717) is 5.75 Å². The molecule has 1 fully saturated rings. The first-order valence-corrected chi connectivity index (χ1v) is 12.2. The van der Waals surface area contributed by atoms with Crippen molar-refractivity contribution >= 4 is 33.5 Å². The zero-order valence-electron chi connectivity index (χ0n) is 19.8. The van der Waals surface area contributed by atoms with Crippen LogP contribution in [0.15, 0.2) is 53.4 Å². The van der Waals surface area contributed by atoms with Gasteiger partial charge in [0.05, 0.1) is 36.3 Å². The van der Waals surface area contributed by atoms with Crippen molar-refractivity contribution in [3.8, 4) is 5.75 Å². The van der Waals surface area contributed by atoms with E-state index >= 15 is 0 Å². The minimum absolute atomic E-state index is 0.0132. The first-order valence-electron chi connectivity index (χ1n) is 10.7. The van der Waals surface area contributed by atoms with Gasteiger partial charge in [-0.25, -0.2) is 18.1 Å². The van der Waals surface area contributed by atoms with Gasteiger partial charge in [-0.1, -0.05) is 0 Å². The molecule has 3 rings (SSSR count). The van der Waals surface area contributed by atoms with Gasteiger partial charge in [-0.2, -0.15) is 4.31 Å². The van der Waals surface area contributed by atoms with Crippen molar-refractivity contribution < 1.29 is 32.3 Å². The summed E-state index contributed by atoms with van der Waals surface area (Å²) >= 11 is 0. The first-order chi connectivity index (χ1) is 15.9. The number of carbonyl (C=O) groups is 3. The molecule has 0 spiro atoms. The van der Waals surface area contributed by atoms with E-state index in [1.165, 1.54) is 55.6 Å². The number of hydrogen-bond donors (Lipinski definition) is 0. The van der Waals surface area contributed by atoms with Crippen LogP contribution in [0.1, 0.15) is 44.5 Å². The predicted octanol–water partition coefficient (Wildman–Crippen LogP) is 2.99. The average molecular weight is 489 g/mol. The number of anilines is 1. The summed E-state index contributed by atoms with van der Waals surface area (Å²) in [4.78, 5) is 39.1. The Kier molecular flexibility index (Phi) is 7.13. The Morgan fingerprint density at radius 2 is 1.65 bits per heavy atom.